The maximum atomic E-state index is 5.38. The van der Waals surface area contributed by atoms with Gasteiger partial charge in [0.2, 0.25) is 0 Å². The van der Waals surface area contributed by atoms with Crippen molar-refractivity contribution in [2.45, 2.75) is 32.8 Å². The maximum absolute atomic E-state index is 5.38. The fourth-order valence-electron chi connectivity index (χ4n) is 2.19. The normalized spacial score (nSPS) is 17.3. The van der Waals surface area contributed by atoms with E-state index in [0.717, 1.165) is 44.8 Å². The third kappa shape index (κ3) is 6.27. The van der Waals surface area contributed by atoms with E-state index >= 15 is 0 Å². The number of nitrogens with zero attached hydrogens (tertiary/aromatic N) is 2. The first-order chi connectivity index (χ1) is 10.0. The molecule has 21 heavy (non-hydrogen) atoms. The van der Waals surface area contributed by atoms with Crippen molar-refractivity contribution >= 4 is 6.21 Å². The fourth-order valence-corrected chi connectivity index (χ4v) is 2.19. The smallest absolute Gasteiger partial charge is 0.129 e. The van der Waals surface area contributed by atoms with Crippen molar-refractivity contribution in [2.24, 2.45) is 5.16 Å². The van der Waals surface area contributed by atoms with Gasteiger partial charge in [-0.1, -0.05) is 29.4 Å². The van der Waals surface area contributed by atoms with Gasteiger partial charge in [-0.15, -0.1) is 0 Å². The second kappa shape index (κ2) is 7.57. The van der Waals surface area contributed by atoms with E-state index < -0.39 is 0 Å². The van der Waals surface area contributed by atoms with Crippen molar-refractivity contribution in [1.82, 2.24) is 4.90 Å². The van der Waals surface area contributed by atoms with Crippen LogP contribution in [0.25, 0.3) is 0 Å². The topological polar surface area (TPSA) is 34.1 Å². The summed E-state index contributed by atoms with van der Waals surface area (Å²) >= 11 is 0. The van der Waals surface area contributed by atoms with Crippen LogP contribution in [0.15, 0.2) is 29.4 Å². The van der Waals surface area contributed by atoms with Crippen LogP contribution in [0.2, 0.25) is 0 Å². The van der Waals surface area contributed by atoms with E-state index in [-0.39, 0.29) is 5.60 Å². The number of morpholine rings is 1. The van der Waals surface area contributed by atoms with Crippen molar-refractivity contribution in [3.05, 3.63) is 35.4 Å². The van der Waals surface area contributed by atoms with Crippen LogP contribution in [0.4, 0.5) is 0 Å². The van der Waals surface area contributed by atoms with Gasteiger partial charge in [-0.25, -0.2) is 0 Å². The van der Waals surface area contributed by atoms with Crippen molar-refractivity contribution in [3.63, 3.8) is 0 Å². The summed E-state index contributed by atoms with van der Waals surface area (Å²) in [6, 6.07) is 8.47. The third-order valence-electron chi connectivity index (χ3n) is 3.30. The first-order valence-electron chi connectivity index (χ1n) is 7.63. The van der Waals surface area contributed by atoms with Crippen molar-refractivity contribution < 1.29 is 9.57 Å². The zero-order chi connectivity index (χ0) is 15.1. The Balaban J connectivity index is 1.85. The van der Waals surface area contributed by atoms with Crippen molar-refractivity contribution in [2.75, 3.05) is 32.8 Å². The van der Waals surface area contributed by atoms with Gasteiger partial charge in [-0.05, 0) is 38.3 Å². The molecule has 1 saturated heterocycles. The van der Waals surface area contributed by atoms with Crippen LogP contribution in [0.5, 0.6) is 0 Å². The van der Waals surface area contributed by atoms with Gasteiger partial charge in [0, 0.05) is 19.6 Å². The minimum absolute atomic E-state index is 0.246. The molecule has 1 aromatic rings. The highest BCUT2D eigenvalue weighted by molar-refractivity contribution is 5.79. The van der Waals surface area contributed by atoms with E-state index in [2.05, 4.69) is 28.3 Å². The molecule has 0 atom stereocenters. The molecule has 0 aromatic heterocycles. The SMILES string of the molecule is CC(C)(C)O/N=C/c1cccc(CCN2CCOCC2)c1. The average molecular weight is 290 g/mol. The zero-order valence-corrected chi connectivity index (χ0v) is 13.3. The predicted octanol–water partition coefficient (Wildman–Crippen LogP) is 2.71. The molecule has 0 N–H and O–H groups in total. The van der Waals surface area contributed by atoms with E-state index in [1.165, 1.54) is 5.56 Å². The van der Waals surface area contributed by atoms with Crippen LogP contribution in [-0.4, -0.2) is 49.6 Å². The van der Waals surface area contributed by atoms with Gasteiger partial charge >= 0.3 is 0 Å². The molecule has 1 fully saturated rings. The third-order valence-corrected chi connectivity index (χ3v) is 3.30. The van der Waals surface area contributed by atoms with E-state index in [9.17, 15) is 0 Å². The molecule has 0 saturated carbocycles. The number of hydrogen-bond donors (Lipinski definition) is 0. The van der Waals surface area contributed by atoms with Crippen molar-refractivity contribution in [3.8, 4) is 0 Å². The molecule has 4 nitrogen and oxygen atoms in total. The van der Waals surface area contributed by atoms with E-state index in [1.54, 1.807) is 6.21 Å². The minimum atomic E-state index is -0.246. The Morgan fingerprint density at radius 2 is 2.05 bits per heavy atom. The Labute approximate surface area is 127 Å². The summed E-state index contributed by atoms with van der Waals surface area (Å²) in [5.41, 5.74) is 2.17. The standard InChI is InChI=1S/C17H26N2O2/c1-17(2,3)21-18-14-16-6-4-5-15(13-16)7-8-19-9-11-20-12-10-19/h4-6,13-14H,7-12H2,1-3H3/b18-14+. The molecule has 0 aliphatic carbocycles. The summed E-state index contributed by atoms with van der Waals surface area (Å²) in [7, 11) is 0. The van der Waals surface area contributed by atoms with Gasteiger partial charge in [-0.3, -0.25) is 4.90 Å². The Kier molecular flexibility index (Phi) is 5.76. The molecule has 1 aliphatic heterocycles. The van der Waals surface area contributed by atoms with E-state index in [0.29, 0.717) is 0 Å². The highest BCUT2D eigenvalue weighted by Gasteiger charge is 2.10. The summed E-state index contributed by atoms with van der Waals surface area (Å²) in [5.74, 6) is 0. The number of oxime groups is 1. The van der Waals surface area contributed by atoms with Crippen LogP contribution >= 0.6 is 0 Å². The first-order valence-corrected chi connectivity index (χ1v) is 7.63. The number of ether oxygens (including phenoxy) is 1. The van der Waals surface area contributed by atoms with Crippen molar-refractivity contribution in [1.29, 1.82) is 0 Å². The predicted molar refractivity (Wildman–Crippen MR) is 85.8 cm³/mol. The number of rotatable bonds is 5. The lowest BCUT2D eigenvalue weighted by Crippen LogP contribution is -2.37. The summed E-state index contributed by atoms with van der Waals surface area (Å²) < 4.78 is 5.37. The van der Waals surface area contributed by atoms with Gasteiger partial charge in [0.05, 0.1) is 19.4 Å². The molecule has 1 aromatic carbocycles. The molecule has 0 bridgehead atoms. The Bertz CT molecular complexity index is 460. The van der Waals surface area contributed by atoms with Gasteiger partial charge in [0.25, 0.3) is 0 Å². The Morgan fingerprint density at radius 1 is 1.29 bits per heavy atom. The minimum Gasteiger partial charge on any atom is -0.390 e. The van der Waals surface area contributed by atoms with Crippen LogP contribution in [-0.2, 0) is 16.0 Å². The molecule has 1 heterocycles. The monoisotopic (exact) mass is 290 g/mol. The lowest BCUT2D eigenvalue weighted by atomic mass is 10.1. The molecular formula is C17H26N2O2. The summed E-state index contributed by atoms with van der Waals surface area (Å²) in [5, 5.41) is 4.05. The lowest BCUT2D eigenvalue weighted by molar-refractivity contribution is 0.00199. The summed E-state index contributed by atoms with van der Waals surface area (Å²) in [6.07, 6.45) is 2.84. The molecule has 4 heteroatoms. The second-order valence-corrected chi connectivity index (χ2v) is 6.39. The Hall–Kier alpha value is -1.39. The molecule has 2 rings (SSSR count). The molecule has 116 valence electrons. The van der Waals surface area contributed by atoms with E-state index in [1.807, 2.05) is 26.8 Å². The fraction of sp³-hybridized carbons (Fsp3) is 0.588. The van der Waals surface area contributed by atoms with Gasteiger partial charge in [0.1, 0.15) is 5.60 Å². The highest BCUT2D eigenvalue weighted by Crippen LogP contribution is 2.09. The molecule has 0 spiro atoms. The zero-order valence-electron chi connectivity index (χ0n) is 13.3. The average Bonchev–Trinajstić information content (AvgIpc) is 2.45. The quantitative estimate of drug-likeness (QED) is 0.617. The Morgan fingerprint density at radius 3 is 2.76 bits per heavy atom. The molecule has 0 radical (unpaired) electrons. The van der Waals surface area contributed by atoms with Crippen LogP contribution in [0, 0.1) is 0 Å². The maximum Gasteiger partial charge on any atom is 0.129 e. The van der Waals surface area contributed by atoms with Gasteiger partial charge in [0.15, 0.2) is 0 Å². The first kappa shape index (κ1) is 16.0. The number of hydrogen-bond acceptors (Lipinski definition) is 4. The molecule has 0 amide bonds. The molecular weight excluding hydrogens is 264 g/mol. The molecule has 1 aliphatic rings. The van der Waals surface area contributed by atoms with Gasteiger partial charge < -0.3 is 9.57 Å². The largest absolute Gasteiger partial charge is 0.390 e. The summed E-state index contributed by atoms with van der Waals surface area (Å²) in [4.78, 5) is 7.83. The number of benzene rings is 1. The van der Waals surface area contributed by atoms with E-state index in [4.69, 9.17) is 9.57 Å². The van der Waals surface area contributed by atoms with Crippen LogP contribution in [0.3, 0.4) is 0 Å². The summed E-state index contributed by atoms with van der Waals surface area (Å²) in [6.45, 7) is 10.9. The molecule has 0 unspecified atom stereocenters. The van der Waals surface area contributed by atoms with Crippen LogP contribution in [0.1, 0.15) is 31.9 Å². The van der Waals surface area contributed by atoms with Crippen LogP contribution < -0.4 is 0 Å². The lowest BCUT2D eigenvalue weighted by Gasteiger charge is -2.26. The second-order valence-electron chi connectivity index (χ2n) is 6.39. The highest BCUT2D eigenvalue weighted by atomic mass is 16.6. The van der Waals surface area contributed by atoms with Gasteiger partial charge in [-0.2, -0.15) is 0 Å².